The maximum Gasteiger partial charge on any atom is 0.128 e. The zero-order chi connectivity index (χ0) is 5.70. The molecule has 0 aliphatic heterocycles. The summed E-state index contributed by atoms with van der Waals surface area (Å²) in [5.74, 6) is -0.958. The lowest BCUT2D eigenvalue weighted by molar-refractivity contribution is 0.0289. The van der Waals surface area contributed by atoms with Gasteiger partial charge >= 0.3 is 0 Å². The van der Waals surface area contributed by atoms with Gasteiger partial charge in [0.2, 0.25) is 0 Å². The van der Waals surface area contributed by atoms with Crippen LogP contribution in [0.3, 0.4) is 0 Å². The van der Waals surface area contributed by atoms with Crippen LogP contribution in [0, 0.1) is 0 Å². The number of hydrogen-bond acceptors (Lipinski definition) is 2. The van der Waals surface area contributed by atoms with E-state index in [2.05, 4.69) is 6.92 Å². The van der Waals surface area contributed by atoms with Gasteiger partial charge in [-0.15, -0.1) is 0 Å². The molecule has 3 heteroatoms. The van der Waals surface area contributed by atoms with Gasteiger partial charge in [0.1, 0.15) is 5.91 Å². The fraction of sp³-hybridized carbons (Fsp3) is 1.00. The molecule has 2 nitrogen and oxygen atoms in total. The summed E-state index contributed by atoms with van der Waals surface area (Å²) in [5.41, 5.74) is 0. The molecule has 0 aromatic heterocycles. The summed E-state index contributed by atoms with van der Waals surface area (Å²) in [6, 6.07) is 1.04. The van der Waals surface area contributed by atoms with Crippen molar-refractivity contribution in [1.29, 1.82) is 0 Å². The highest BCUT2D eigenvalue weighted by atomic mass is 28.2. The summed E-state index contributed by atoms with van der Waals surface area (Å²) in [7, 11) is -0.543. The molecule has 0 unspecified atom stereocenters. The highest BCUT2D eigenvalue weighted by molar-refractivity contribution is 6.36. The van der Waals surface area contributed by atoms with Gasteiger partial charge in [0.15, 0.2) is 0 Å². The first kappa shape index (κ1) is 7.14. The molecule has 0 bridgehead atoms. The third kappa shape index (κ3) is 6.14. The Morgan fingerprint density at radius 2 is 2.14 bits per heavy atom. The molecule has 7 heavy (non-hydrogen) atoms. The van der Waals surface area contributed by atoms with E-state index in [1.165, 1.54) is 0 Å². The Morgan fingerprint density at radius 1 is 1.57 bits per heavy atom. The lowest BCUT2D eigenvalue weighted by atomic mass is 10.6. The molecular formula is C4H12O2Si. The first-order valence-corrected chi connectivity index (χ1v) is 4.45. The van der Waals surface area contributed by atoms with Crippen LogP contribution < -0.4 is 0 Å². The van der Waals surface area contributed by atoms with Crippen molar-refractivity contribution >= 4 is 9.52 Å². The quantitative estimate of drug-likeness (QED) is 0.380. The van der Waals surface area contributed by atoms with Crippen LogP contribution in [0.4, 0.5) is 0 Å². The molecule has 44 valence electrons. The minimum atomic E-state index is -0.958. The van der Waals surface area contributed by atoms with E-state index in [-0.39, 0.29) is 0 Å². The van der Waals surface area contributed by atoms with Gasteiger partial charge in [-0.1, -0.05) is 19.4 Å². The van der Waals surface area contributed by atoms with Crippen LogP contribution in [-0.4, -0.2) is 25.6 Å². The lowest BCUT2D eigenvalue weighted by Crippen LogP contribution is -2.13. The molecule has 0 aliphatic carbocycles. The predicted octanol–water partition coefficient (Wildman–Crippen LogP) is -0.748. The van der Waals surface area contributed by atoms with Crippen molar-refractivity contribution < 1.29 is 10.2 Å². The number of rotatable bonds is 3. The second-order valence-electron chi connectivity index (χ2n) is 1.62. The van der Waals surface area contributed by atoms with Gasteiger partial charge in [-0.2, -0.15) is 0 Å². The van der Waals surface area contributed by atoms with Crippen molar-refractivity contribution in [1.82, 2.24) is 0 Å². The summed E-state index contributed by atoms with van der Waals surface area (Å²) in [5, 5.41) is 16.6. The van der Waals surface area contributed by atoms with Gasteiger partial charge in [-0.05, 0) is 0 Å². The summed E-state index contributed by atoms with van der Waals surface area (Å²) in [6.07, 6.45) is 1.09. The van der Waals surface area contributed by atoms with Crippen LogP contribution in [0.5, 0.6) is 0 Å². The number of hydrogen-bond donors (Lipinski definition) is 2. The summed E-state index contributed by atoms with van der Waals surface area (Å²) >= 11 is 0. The molecule has 2 N–H and O–H groups in total. The Kier molecular flexibility index (Phi) is 4.38. The first-order valence-electron chi connectivity index (χ1n) is 2.63. The molecule has 0 amide bonds. The zero-order valence-electron chi connectivity index (χ0n) is 4.59. The predicted molar refractivity (Wildman–Crippen MR) is 31.9 cm³/mol. The Hall–Kier alpha value is 0.137. The minimum absolute atomic E-state index is 0.543. The maximum atomic E-state index is 8.30. The Bertz CT molecular complexity index is 38.7. The fourth-order valence-electron chi connectivity index (χ4n) is 0.387. The molecular weight excluding hydrogens is 108 g/mol. The molecule has 0 saturated heterocycles. The van der Waals surface area contributed by atoms with E-state index in [1.54, 1.807) is 0 Å². The van der Waals surface area contributed by atoms with E-state index >= 15 is 0 Å². The number of aliphatic hydroxyl groups excluding tert-OH is 1. The van der Waals surface area contributed by atoms with Crippen LogP contribution in [0.15, 0.2) is 0 Å². The Morgan fingerprint density at radius 3 is 2.29 bits per heavy atom. The van der Waals surface area contributed by atoms with Crippen LogP contribution in [-0.2, 0) is 0 Å². The minimum Gasteiger partial charge on any atom is -0.373 e. The molecule has 0 aromatic carbocycles. The molecule has 0 spiro atoms. The molecule has 0 rings (SSSR count). The second kappa shape index (κ2) is 4.30. The van der Waals surface area contributed by atoms with Crippen molar-refractivity contribution in [3.63, 3.8) is 0 Å². The van der Waals surface area contributed by atoms with Gasteiger partial charge in [-0.3, -0.25) is 0 Å². The van der Waals surface area contributed by atoms with Crippen LogP contribution >= 0.6 is 0 Å². The molecule has 0 radical (unpaired) electrons. The van der Waals surface area contributed by atoms with Gasteiger partial charge in [-0.25, -0.2) is 0 Å². The first-order chi connectivity index (χ1) is 3.27. The van der Waals surface area contributed by atoms with Gasteiger partial charge in [0, 0.05) is 0 Å². The smallest absolute Gasteiger partial charge is 0.128 e. The summed E-state index contributed by atoms with van der Waals surface area (Å²) < 4.78 is 0. The lowest BCUT2D eigenvalue weighted by Gasteiger charge is -1.96. The fourth-order valence-corrected chi connectivity index (χ4v) is 1.16. The van der Waals surface area contributed by atoms with Gasteiger partial charge < -0.3 is 10.2 Å². The van der Waals surface area contributed by atoms with Crippen molar-refractivity contribution in [2.24, 2.45) is 0 Å². The van der Waals surface area contributed by atoms with E-state index < -0.39 is 15.4 Å². The molecule has 0 aromatic rings. The Balaban J connectivity index is 2.68. The zero-order valence-corrected chi connectivity index (χ0v) is 6.01. The van der Waals surface area contributed by atoms with Gasteiger partial charge in [0.05, 0.1) is 9.52 Å². The van der Waals surface area contributed by atoms with Crippen LogP contribution in [0.25, 0.3) is 0 Å². The van der Waals surface area contributed by atoms with E-state index in [0.717, 1.165) is 12.5 Å². The summed E-state index contributed by atoms with van der Waals surface area (Å²) in [6.45, 7) is 2.05. The molecule has 0 atom stereocenters. The van der Waals surface area contributed by atoms with E-state index in [1.807, 2.05) is 0 Å². The Labute approximate surface area is 46.0 Å². The average molecular weight is 120 g/mol. The van der Waals surface area contributed by atoms with Crippen molar-refractivity contribution in [3.8, 4) is 0 Å². The monoisotopic (exact) mass is 120 g/mol. The van der Waals surface area contributed by atoms with Crippen LogP contribution in [0.2, 0.25) is 6.04 Å². The molecule has 0 aliphatic rings. The largest absolute Gasteiger partial charge is 0.373 e. The van der Waals surface area contributed by atoms with Crippen molar-refractivity contribution in [2.75, 3.05) is 0 Å². The normalized spacial score (nSPS) is 12.0. The van der Waals surface area contributed by atoms with Crippen LogP contribution in [0.1, 0.15) is 13.3 Å². The average Bonchev–Trinajstić information content (AvgIpc) is 1.61. The highest BCUT2D eigenvalue weighted by Crippen LogP contribution is 1.85. The summed E-state index contributed by atoms with van der Waals surface area (Å²) in [4.78, 5) is 0. The van der Waals surface area contributed by atoms with Crippen molar-refractivity contribution in [2.45, 2.75) is 25.3 Å². The third-order valence-corrected chi connectivity index (χ3v) is 2.45. The van der Waals surface area contributed by atoms with Gasteiger partial charge in [0.25, 0.3) is 0 Å². The third-order valence-electron chi connectivity index (χ3n) is 0.816. The SMILES string of the molecule is CCC[SiH2]C(O)O. The number of aliphatic hydroxyl groups is 2. The standard InChI is InChI=1S/C4H12O2Si/c1-2-3-7-4(5)6/h4-6H,2-3,7H2,1H3. The van der Waals surface area contributed by atoms with E-state index in [0.29, 0.717) is 0 Å². The molecule has 0 heterocycles. The molecule has 0 saturated carbocycles. The van der Waals surface area contributed by atoms with Crippen molar-refractivity contribution in [3.05, 3.63) is 0 Å². The highest BCUT2D eigenvalue weighted by Gasteiger charge is 1.93. The van der Waals surface area contributed by atoms with E-state index in [9.17, 15) is 0 Å². The van der Waals surface area contributed by atoms with E-state index in [4.69, 9.17) is 10.2 Å². The topological polar surface area (TPSA) is 40.5 Å². The maximum absolute atomic E-state index is 8.30. The molecule has 0 fully saturated rings. The second-order valence-corrected chi connectivity index (χ2v) is 3.64.